The Bertz CT molecular complexity index is 931. The molecule has 0 N–H and O–H groups in total. The lowest BCUT2D eigenvalue weighted by atomic mass is 9.79. The van der Waals surface area contributed by atoms with Gasteiger partial charge in [0.05, 0.1) is 0 Å². The van der Waals surface area contributed by atoms with E-state index in [1.165, 1.54) is 6.07 Å². The molecule has 0 nitrogen and oxygen atoms in total. The van der Waals surface area contributed by atoms with Crippen LogP contribution in [-0.2, 0) is 6.42 Å². The van der Waals surface area contributed by atoms with E-state index in [1.807, 2.05) is 6.92 Å². The average molecular weight is 413 g/mol. The van der Waals surface area contributed by atoms with E-state index in [1.54, 1.807) is 30.3 Å². The zero-order valence-electron chi connectivity index (χ0n) is 17.8. The number of aryl methyl sites for hydroxylation is 1. The second kappa shape index (κ2) is 10.7. The van der Waals surface area contributed by atoms with Crippen LogP contribution in [0.5, 0.6) is 0 Å². The van der Waals surface area contributed by atoms with Gasteiger partial charge in [0, 0.05) is 16.9 Å². The van der Waals surface area contributed by atoms with Crippen LogP contribution in [0.1, 0.15) is 63.0 Å². The Morgan fingerprint density at radius 2 is 1.83 bits per heavy atom. The van der Waals surface area contributed by atoms with Gasteiger partial charge in [-0.15, -0.1) is 6.58 Å². The minimum absolute atomic E-state index is 0.188. The molecule has 0 spiro atoms. The summed E-state index contributed by atoms with van der Waals surface area (Å²) in [7, 11) is 0. The van der Waals surface area contributed by atoms with Crippen LogP contribution < -0.4 is 0 Å². The average Bonchev–Trinajstić information content (AvgIpc) is 2.78. The van der Waals surface area contributed by atoms with Crippen molar-refractivity contribution in [2.24, 2.45) is 11.8 Å². The number of benzene rings is 2. The summed E-state index contributed by atoms with van der Waals surface area (Å²) in [5.41, 5.74) is 0.803. The van der Waals surface area contributed by atoms with Crippen molar-refractivity contribution >= 4 is 16.6 Å². The largest absolute Gasteiger partial charge is 0.208 e. The van der Waals surface area contributed by atoms with Crippen molar-refractivity contribution in [3.63, 3.8) is 0 Å². The Morgan fingerprint density at radius 3 is 2.53 bits per heavy atom. The SMILES string of the molecule is C=CCCc1ccc2cc(C(F)=C(F)C3CCC(CC/C=C/C)CC3)ccc2c1F. The van der Waals surface area contributed by atoms with Crippen molar-refractivity contribution in [1.82, 2.24) is 0 Å². The molecule has 0 aromatic heterocycles. The maximum Gasteiger partial charge on any atom is 0.162 e. The van der Waals surface area contributed by atoms with Crippen molar-refractivity contribution < 1.29 is 13.2 Å². The smallest absolute Gasteiger partial charge is 0.162 e. The highest BCUT2D eigenvalue weighted by Gasteiger charge is 2.26. The molecular formula is C27H31F3. The highest BCUT2D eigenvalue weighted by molar-refractivity contribution is 5.87. The predicted octanol–water partition coefficient (Wildman–Crippen LogP) is 8.87. The van der Waals surface area contributed by atoms with E-state index in [0.717, 1.165) is 25.7 Å². The van der Waals surface area contributed by atoms with Gasteiger partial charge >= 0.3 is 0 Å². The van der Waals surface area contributed by atoms with Crippen LogP contribution in [0.15, 0.2) is 61.0 Å². The third-order valence-electron chi connectivity index (χ3n) is 6.30. The molecule has 2 aromatic rings. The van der Waals surface area contributed by atoms with Crippen LogP contribution in [0.25, 0.3) is 16.6 Å². The van der Waals surface area contributed by atoms with Crippen LogP contribution in [-0.4, -0.2) is 0 Å². The number of hydrogen-bond acceptors (Lipinski definition) is 0. The molecule has 3 heteroatoms. The molecule has 30 heavy (non-hydrogen) atoms. The van der Waals surface area contributed by atoms with Gasteiger partial charge in [0.1, 0.15) is 11.6 Å². The molecule has 2 aromatic carbocycles. The first-order valence-corrected chi connectivity index (χ1v) is 11.0. The topological polar surface area (TPSA) is 0 Å². The second-order valence-corrected chi connectivity index (χ2v) is 8.33. The van der Waals surface area contributed by atoms with Crippen molar-refractivity contribution in [3.8, 4) is 0 Å². The summed E-state index contributed by atoms with van der Waals surface area (Å²) in [4.78, 5) is 0. The fraction of sp³-hybridized carbons (Fsp3) is 0.407. The highest BCUT2D eigenvalue weighted by Crippen LogP contribution is 2.39. The van der Waals surface area contributed by atoms with Gasteiger partial charge in [-0.25, -0.2) is 13.2 Å². The van der Waals surface area contributed by atoms with E-state index in [2.05, 4.69) is 18.7 Å². The zero-order chi connectivity index (χ0) is 21.5. The maximum absolute atomic E-state index is 14.9. The number of fused-ring (bicyclic) bond motifs is 1. The highest BCUT2D eigenvalue weighted by atomic mass is 19.2. The molecule has 1 saturated carbocycles. The molecule has 0 heterocycles. The lowest BCUT2D eigenvalue weighted by molar-refractivity contribution is 0.263. The predicted molar refractivity (Wildman–Crippen MR) is 121 cm³/mol. The Balaban J connectivity index is 1.74. The summed E-state index contributed by atoms with van der Waals surface area (Å²) >= 11 is 0. The van der Waals surface area contributed by atoms with Crippen LogP contribution >= 0.6 is 0 Å². The van der Waals surface area contributed by atoms with Crippen LogP contribution in [0, 0.1) is 17.7 Å². The molecule has 1 aliphatic rings. The molecule has 0 atom stereocenters. The number of halogens is 3. The summed E-state index contributed by atoms with van der Waals surface area (Å²) in [6.07, 6.45) is 12.7. The van der Waals surface area contributed by atoms with Crippen molar-refractivity contribution in [2.75, 3.05) is 0 Å². The van der Waals surface area contributed by atoms with E-state index in [9.17, 15) is 13.2 Å². The fourth-order valence-corrected chi connectivity index (χ4v) is 4.44. The Morgan fingerprint density at radius 1 is 1.07 bits per heavy atom. The van der Waals surface area contributed by atoms with Gasteiger partial charge in [0.2, 0.25) is 0 Å². The minimum Gasteiger partial charge on any atom is -0.208 e. The van der Waals surface area contributed by atoms with E-state index >= 15 is 0 Å². The number of hydrogen-bond donors (Lipinski definition) is 0. The van der Waals surface area contributed by atoms with Crippen LogP contribution in [0.4, 0.5) is 13.2 Å². The molecule has 0 bridgehead atoms. The molecule has 0 saturated heterocycles. The standard InChI is InChI=1S/C27H31F3/c1-3-5-7-8-19-10-12-21(13-11-19)26(29)27(30)23-16-17-24-22(18-23)15-14-20(25(24)28)9-6-4-2/h3-5,14-19,21H,2,6-13H2,1H3/b5-3+,27-26?. The lowest BCUT2D eigenvalue weighted by Gasteiger charge is -2.27. The van der Waals surface area contributed by atoms with Gasteiger partial charge in [-0.05, 0) is 81.2 Å². The Kier molecular flexibility index (Phi) is 7.95. The molecule has 1 aliphatic carbocycles. The minimum atomic E-state index is -0.801. The molecule has 0 unspecified atom stereocenters. The van der Waals surface area contributed by atoms with Gasteiger partial charge < -0.3 is 0 Å². The maximum atomic E-state index is 14.9. The van der Waals surface area contributed by atoms with Gasteiger partial charge in [0.25, 0.3) is 0 Å². The first-order valence-electron chi connectivity index (χ1n) is 11.0. The monoisotopic (exact) mass is 412 g/mol. The van der Waals surface area contributed by atoms with Gasteiger partial charge in [-0.3, -0.25) is 0 Å². The summed E-state index contributed by atoms with van der Waals surface area (Å²) in [6, 6.07) is 8.09. The molecule has 0 aliphatic heterocycles. The van der Waals surface area contributed by atoms with Gasteiger partial charge in [0.15, 0.2) is 5.83 Å². The van der Waals surface area contributed by atoms with Gasteiger partial charge in [-0.1, -0.05) is 42.5 Å². The molecule has 1 fully saturated rings. The summed E-state index contributed by atoms with van der Waals surface area (Å²) in [5, 5.41) is 1.03. The number of rotatable bonds is 8. The Labute approximate surface area is 178 Å². The molecule has 0 radical (unpaired) electrons. The molecule has 0 amide bonds. The van der Waals surface area contributed by atoms with E-state index < -0.39 is 11.7 Å². The fourth-order valence-electron chi connectivity index (χ4n) is 4.44. The van der Waals surface area contributed by atoms with E-state index in [0.29, 0.717) is 47.9 Å². The van der Waals surface area contributed by atoms with Crippen molar-refractivity contribution in [2.45, 2.75) is 58.3 Å². The van der Waals surface area contributed by atoms with E-state index in [4.69, 9.17) is 0 Å². The molecular weight excluding hydrogens is 381 g/mol. The third-order valence-corrected chi connectivity index (χ3v) is 6.30. The summed E-state index contributed by atoms with van der Waals surface area (Å²) in [5.74, 6) is -1.49. The van der Waals surface area contributed by atoms with Crippen LogP contribution in [0.3, 0.4) is 0 Å². The van der Waals surface area contributed by atoms with E-state index in [-0.39, 0.29) is 17.3 Å². The summed E-state index contributed by atoms with van der Waals surface area (Å²) < 4.78 is 44.5. The summed E-state index contributed by atoms with van der Waals surface area (Å²) in [6.45, 7) is 5.68. The van der Waals surface area contributed by atoms with Gasteiger partial charge in [-0.2, -0.15) is 0 Å². The van der Waals surface area contributed by atoms with Crippen LogP contribution in [0.2, 0.25) is 0 Å². The first kappa shape index (κ1) is 22.4. The third kappa shape index (κ3) is 5.24. The first-order chi connectivity index (χ1) is 14.5. The molecule has 160 valence electrons. The zero-order valence-corrected chi connectivity index (χ0v) is 17.8. The second-order valence-electron chi connectivity index (χ2n) is 8.33. The Hall–Kier alpha value is -2.29. The number of allylic oxidation sites excluding steroid dienone is 4. The quantitative estimate of drug-likeness (QED) is 0.380. The van der Waals surface area contributed by atoms with Crippen molar-refractivity contribution in [3.05, 3.63) is 77.9 Å². The normalized spacial score (nSPS) is 20.5. The van der Waals surface area contributed by atoms with Crippen molar-refractivity contribution in [1.29, 1.82) is 0 Å². The molecule has 3 rings (SSSR count). The lowest BCUT2D eigenvalue weighted by Crippen LogP contribution is -2.15.